The first kappa shape index (κ1) is 13.0. The van der Waals surface area contributed by atoms with Gasteiger partial charge in [-0.3, -0.25) is 0 Å². The summed E-state index contributed by atoms with van der Waals surface area (Å²) >= 11 is 0. The Labute approximate surface area is 98.3 Å². The van der Waals surface area contributed by atoms with Crippen LogP contribution in [0.25, 0.3) is 0 Å². The molecule has 2 atom stereocenters. The van der Waals surface area contributed by atoms with Crippen LogP contribution in [0.4, 0.5) is 0 Å². The highest BCUT2D eigenvalue weighted by molar-refractivity contribution is 5.27. The van der Waals surface area contributed by atoms with Gasteiger partial charge in [0.05, 0.1) is 13.2 Å². The van der Waals surface area contributed by atoms with Gasteiger partial charge in [0.15, 0.2) is 0 Å². The minimum Gasteiger partial charge on any atom is -0.497 e. The maximum atomic E-state index is 9.93. The van der Waals surface area contributed by atoms with Gasteiger partial charge in [0.1, 0.15) is 5.75 Å². The number of rotatable bonds is 5. The van der Waals surface area contributed by atoms with Gasteiger partial charge in [0.25, 0.3) is 0 Å². The fourth-order valence-corrected chi connectivity index (χ4v) is 1.91. The van der Waals surface area contributed by atoms with Gasteiger partial charge < -0.3 is 9.84 Å². The number of aliphatic hydroxyl groups excluding tert-OH is 1. The molecule has 0 spiro atoms. The van der Waals surface area contributed by atoms with E-state index in [1.54, 1.807) is 7.11 Å². The molecule has 1 aromatic carbocycles. The van der Waals surface area contributed by atoms with Gasteiger partial charge in [-0.25, -0.2) is 0 Å². The minimum atomic E-state index is -0.234. The lowest BCUT2D eigenvalue weighted by molar-refractivity contribution is 0.0724. The monoisotopic (exact) mass is 222 g/mol. The quantitative estimate of drug-likeness (QED) is 0.830. The summed E-state index contributed by atoms with van der Waals surface area (Å²) < 4.78 is 5.11. The zero-order chi connectivity index (χ0) is 12.1. The molecule has 0 bridgehead atoms. The largest absolute Gasteiger partial charge is 0.497 e. The van der Waals surface area contributed by atoms with E-state index in [0.717, 1.165) is 12.2 Å². The van der Waals surface area contributed by atoms with Gasteiger partial charge in [0, 0.05) is 0 Å². The van der Waals surface area contributed by atoms with Crippen LogP contribution in [0.1, 0.15) is 26.3 Å². The summed E-state index contributed by atoms with van der Waals surface area (Å²) in [5, 5.41) is 9.93. The van der Waals surface area contributed by atoms with E-state index in [9.17, 15) is 5.11 Å². The van der Waals surface area contributed by atoms with Crippen LogP contribution in [-0.2, 0) is 6.42 Å². The van der Waals surface area contributed by atoms with Crippen LogP contribution in [0, 0.1) is 11.8 Å². The van der Waals surface area contributed by atoms with Crippen molar-refractivity contribution >= 4 is 0 Å². The topological polar surface area (TPSA) is 29.5 Å². The summed E-state index contributed by atoms with van der Waals surface area (Å²) in [5.74, 6) is 1.47. The Balaban J connectivity index is 2.59. The third-order valence-electron chi connectivity index (χ3n) is 2.98. The molecule has 1 N–H and O–H groups in total. The highest BCUT2D eigenvalue weighted by atomic mass is 16.5. The first-order valence-electron chi connectivity index (χ1n) is 5.85. The summed E-state index contributed by atoms with van der Waals surface area (Å²) in [6, 6.07) is 8.04. The average molecular weight is 222 g/mol. The van der Waals surface area contributed by atoms with Crippen molar-refractivity contribution in [2.75, 3.05) is 7.11 Å². The van der Waals surface area contributed by atoms with E-state index in [1.807, 2.05) is 12.1 Å². The van der Waals surface area contributed by atoms with Crippen molar-refractivity contribution in [3.8, 4) is 5.75 Å². The second kappa shape index (κ2) is 5.90. The van der Waals surface area contributed by atoms with E-state index in [2.05, 4.69) is 32.9 Å². The molecule has 0 saturated heterocycles. The first-order chi connectivity index (χ1) is 7.54. The molecule has 2 unspecified atom stereocenters. The Morgan fingerprint density at radius 2 is 1.69 bits per heavy atom. The standard InChI is InChI=1S/C14H22O2/c1-10(2)14(15)11(3)9-12-5-7-13(16-4)8-6-12/h5-8,10-11,14-15H,9H2,1-4H3. The molecule has 0 heterocycles. The summed E-state index contributed by atoms with van der Waals surface area (Å²) in [6.45, 7) is 6.19. The fourth-order valence-electron chi connectivity index (χ4n) is 1.91. The van der Waals surface area contributed by atoms with Crippen LogP contribution < -0.4 is 4.74 Å². The van der Waals surface area contributed by atoms with Crippen molar-refractivity contribution in [1.82, 2.24) is 0 Å². The van der Waals surface area contributed by atoms with E-state index in [4.69, 9.17) is 4.74 Å². The minimum absolute atomic E-state index is 0.234. The van der Waals surface area contributed by atoms with Crippen LogP contribution in [-0.4, -0.2) is 18.3 Å². The van der Waals surface area contributed by atoms with E-state index in [0.29, 0.717) is 5.92 Å². The second-order valence-electron chi connectivity index (χ2n) is 4.76. The van der Waals surface area contributed by atoms with Crippen molar-refractivity contribution in [2.24, 2.45) is 11.8 Å². The molecule has 0 amide bonds. The number of hydrogen-bond acceptors (Lipinski definition) is 2. The number of hydrogen-bond donors (Lipinski definition) is 1. The predicted molar refractivity (Wildman–Crippen MR) is 66.7 cm³/mol. The fraction of sp³-hybridized carbons (Fsp3) is 0.571. The zero-order valence-electron chi connectivity index (χ0n) is 10.6. The Hall–Kier alpha value is -1.02. The maximum Gasteiger partial charge on any atom is 0.118 e. The molecule has 0 aliphatic heterocycles. The Morgan fingerprint density at radius 1 is 1.12 bits per heavy atom. The van der Waals surface area contributed by atoms with Crippen molar-refractivity contribution in [3.63, 3.8) is 0 Å². The molecule has 0 aliphatic carbocycles. The highest BCUT2D eigenvalue weighted by Gasteiger charge is 2.17. The molecular formula is C14H22O2. The van der Waals surface area contributed by atoms with Gasteiger partial charge >= 0.3 is 0 Å². The van der Waals surface area contributed by atoms with Gasteiger partial charge in [-0.05, 0) is 36.0 Å². The summed E-state index contributed by atoms with van der Waals surface area (Å²) in [5.41, 5.74) is 1.24. The van der Waals surface area contributed by atoms with E-state index in [-0.39, 0.29) is 12.0 Å². The number of methoxy groups -OCH3 is 1. The average Bonchev–Trinajstić information content (AvgIpc) is 2.28. The summed E-state index contributed by atoms with van der Waals surface area (Å²) in [7, 11) is 1.67. The molecule has 16 heavy (non-hydrogen) atoms. The third-order valence-corrected chi connectivity index (χ3v) is 2.98. The molecule has 2 heteroatoms. The van der Waals surface area contributed by atoms with Crippen LogP contribution in [0.5, 0.6) is 5.75 Å². The molecule has 90 valence electrons. The summed E-state index contributed by atoms with van der Waals surface area (Å²) in [6.07, 6.45) is 0.672. The molecule has 0 fully saturated rings. The predicted octanol–water partition coefficient (Wildman–Crippen LogP) is 2.89. The van der Waals surface area contributed by atoms with Crippen LogP contribution in [0.3, 0.4) is 0 Å². The van der Waals surface area contributed by atoms with Gasteiger partial charge in [-0.2, -0.15) is 0 Å². The SMILES string of the molecule is COc1ccc(CC(C)C(O)C(C)C)cc1. The molecule has 1 rings (SSSR count). The first-order valence-corrected chi connectivity index (χ1v) is 5.85. The second-order valence-corrected chi connectivity index (χ2v) is 4.76. The molecular weight excluding hydrogens is 200 g/mol. The highest BCUT2D eigenvalue weighted by Crippen LogP contribution is 2.19. The smallest absolute Gasteiger partial charge is 0.118 e. The molecule has 0 aliphatic rings. The summed E-state index contributed by atoms with van der Waals surface area (Å²) in [4.78, 5) is 0. The lowest BCUT2D eigenvalue weighted by atomic mass is 9.89. The van der Waals surface area contributed by atoms with E-state index in [1.165, 1.54) is 5.56 Å². The van der Waals surface area contributed by atoms with Crippen molar-refractivity contribution < 1.29 is 9.84 Å². The molecule has 0 radical (unpaired) electrons. The Bertz CT molecular complexity index is 303. The molecule has 0 aromatic heterocycles. The lowest BCUT2D eigenvalue weighted by Gasteiger charge is -2.22. The molecule has 0 saturated carbocycles. The molecule has 2 nitrogen and oxygen atoms in total. The van der Waals surface area contributed by atoms with Crippen LogP contribution >= 0.6 is 0 Å². The van der Waals surface area contributed by atoms with Gasteiger partial charge in [-0.1, -0.05) is 32.9 Å². The van der Waals surface area contributed by atoms with Crippen molar-refractivity contribution in [1.29, 1.82) is 0 Å². The Kier molecular flexibility index (Phi) is 4.81. The van der Waals surface area contributed by atoms with Crippen LogP contribution in [0.15, 0.2) is 24.3 Å². The van der Waals surface area contributed by atoms with Crippen molar-refractivity contribution in [3.05, 3.63) is 29.8 Å². The normalized spacial score (nSPS) is 14.9. The Morgan fingerprint density at radius 3 is 2.12 bits per heavy atom. The third kappa shape index (κ3) is 3.53. The zero-order valence-corrected chi connectivity index (χ0v) is 10.6. The maximum absolute atomic E-state index is 9.93. The lowest BCUT2D eigenvalue weighted by Crippen LogP contribution is -2.25. The van der Waals surface area contributed by atoms with E-state index >= 15 is 0 Å². The van der Waals surface area contributed by atoms with Crippen molar-refractivity contribution in [2.45, 2.75) is 33.3 Å². The van der Waals surface area contributed by atoms with Crippen LogP contribution in [0.2, 0.25) is 0 Å². The van der Waals surface area contributed by atoms with E-state index < -0.39 is 0 Å². The number of aliphatic hydroxyl groups is 1. The van der Waals surface area contributed by atoms with Gasteiger partial charge in [-0.15, -0.1) is 0 Å². The van der Waals surface area contributed by atoms with Gasteiger partial charge in [0.2, 0.25) is 0 Å². The number of benzene rings is 1. The molecule has 1 aromatic rings. The number of ether oxygens (including phenoxy) is 1.